The summed E-state index contributed by atoms with van der Waals surface area (Å²) >= 11 is 1.52. The molecule has 4 N–H and O–H groups in total. The standard InChI is InChI=1S/C26H35N3O5S/c1-2-34-26(33)21(12-11-18-8-4-3-5-9-18)28-20(10-6-7-14-27)24(30)29-17-19-13-15-35-23(19)16-22(29)25(31)32/h3-5,8-9,13,15,20-22,28H,2,6-7,10-12,14,16-17,27H2,1H3,(H,31,32)/t20-,21-,22-/m0/s1. The van der Waals surface area contributed by atoms with Gasteiger partial charge in [-0.2, -0.15) is 0 Å². The van der Waals surface area contributed by atoms with Gasteiger partial charge in [0.2, 0.25) is 5.91 Å². The molecule has 1 aliphatic heterocycles. The number of carboxylic acids is 1. The van der Waals surface area contributed by atoms with Crippen LogP contribution in [0.1, 0.15) is 48.6 Å². The van der Waals surface area contributed by atoms with E-state index in [2.05, 4.69) is 5.32 Å². The lowest BCUT2D eigenvalue weighted by atomic mass is 9.98. The van der Waals surface area contributed by atoms with Crippen LogP contribution in [0.3, 0.4) is 0 Å². The molecule has 9 heteroatoms. The molecule has 0 unspecified atom stereocenters. The van der Waals surface area contributed by atoms with E-state index in [0.29, 0.717) is 38.6 Å². The van der Waals surface area contributed by atoms with Crippen LogP contribution in [0.2, 0.25) is 0 Å². The minimum absolute atomic E-state index is 0.238. The van der Waals surface area contributed by atoms with Gasteiger partial charge in [-0.1, -0.05) is 36.8 Å². The number of carbonyl (C=O) groups is 3. The Morgan fingerprint density at radius 1 is 1.17 bits per heavy atom. The predicted octanol–water partition coefficient (Wildman–Crippen LogP) is 2.74. The average Bonchev–Trinajstić information content (AvgIpc) is 3.32. The molecule has 3 rings (SSSR count). The van der Waals surface area contributed by atoms with Gasteiger partial charge in [0, 0.05) is 17.8 Å². The van der Waals surface area contributed by atoms with Crippen LogP contribution in [0, 0.1) is 0 Å². The predicted molar refractivity (Wildman–Crippen MR) is 135 cm³/mol. The van der Waals surface area contributed by atoms with Crippen LogP contribution in [0.15, 0.2) is 41.8 Å². The van der Waals surface area contributed by atoms with Gasteiger partial charge in [-0.3, -0.25) is 14.9 Å². The molecular weight excluding hydrogens is 466 g/mol. The van der Waals surface area contributed by atoms with E-state index in [1.807, 2.05) is 41.8 Å². The summed E-state index contributed by atoms with van der Waals surface area (Å²) in [5.41, 5.74) is 7.74. The van der Waals surface area contributed by atoms with Crippen LogP contribution in [0.4, 0.5) is 0 Å². The molecule has 1 aromatic carbocycles. The SMILES string of the molecule is CCOC(=O)[C@H](CCc1ccccc1)N[C@@H](CCCCN)C(=O)N1Cc2ccsc2C[C@H]1C(=O)O. The summed E-state index contributed by atoms with van der Waals surface area (Å²) in [6, 6.07) is 9.43. The lowest BCUT2D eigenvalue weighted by Gasteiger charge is -2.36. The third kappa shape index (κ3) is 7.37. The number of fused-ring (bicyclic) bond motifs is 1. The first kappa shape index (κ1) is 26.8. The fraction of sp³-hybridized carbons (Fsp3) is 0.500. The maximum absolute atomic E-state index is 13.7. The maximum atomic E-state index is 13.7. The Morgan fingerprint density at radius 2 is 1.94 bits per heavy atom. The van der Waals surface area contributed by atoms with Crippen LogP contribution < -0.4 is 11.1 Å². The molecule has 35 heavy (non-hydrogen) atoms. The highest BCUT2D eigenvalue weighted by Crippen LogP contribution is 2.29. The van der Waals surface area contributed by atoms with Crippen LogP contribution in [0.5, 0.6) is 0 Å². The number of carbonyl (C=O) groups excluding carboxylic acids is 2. The summed E-state index contributed by atoms with van der Waals surface area (Å²) in [5, 5.41) is 15.0. The lowest BCUT2D eigenvalue weighted by molar-refractivity contribution is -0.153. The number of nitrogens with two attached hydrogens (primary N) is 1. The first-order valence-electron chi connectivity index (χ1n) is 12.2. The third-order valence-corrected chi connectivity index (χ3v) is 7.27. The van der Waals surface area contributed by atoms with E-state index < -0.39 is 30.1 Å². The quantitative estimate of drug-likeness (QED) is 0.285. The number of ether oxygens (including phenoxy) is 1. The average molecular weight is 502 g/mol. The van der Waals surface area contributed by atoms with Gasteiger partial charge < -0.3 is 20.5 Å². The number of nitrogens with zero attached hydrogens (tertiary/aromatic N) is 1. The van der Waals surface area contributed by atoms with E-state index in [0.717, 1.165) is 22.4 Å². The van der Waals surface area contributed by atoms with Crippen molar-refractivity contribution in [3.05, 3.63) is 57.8 Å². The smallest absolute Gasteiger partial charge is 0.326 e. The number of thiophene rings is 1. The molecule has 2 aromatic rings. The van der Waals surface area contributed by atoms with Gasteiger partial charge in [0.25, 0.3) is 0 Å². The molecule has 0 fully saturated rings. The Kier molecular flexibility index (Phi) is 10.3. The number of nitrogens with one attached hydrogen (secondary N) is 1. The second kappa shape index (κ2) is 13.4. The molecule has 2 heterocycles. The van der Waals surface area contributed by atoms with Crippen molar-refractivity contribution in [1.82, 2.24) is 10.2 Å². The molecule has 3 atom stereocenters. The molecule has 0 saturated carbocycles. The van der Waals surface area contributed by atoms with Crippen molar-refractivity contribution >= 4 is 29.2 Å². The van der Waals surface area contributed by atoms with E-state index in [1.54, 1.807) is 6.92 Å². The number of hydrogen-bond acceptors (Lipinski definition) is 7. The summed E-state index contributed by atoms with van der Waals surface area (Å²) < 4.78 is 5.30. The highest BCUT2D eigenvalue weighted by molar-refractivity contribution is 7.10. The second-order valence-electron chi connectivity index (χ2n) is 8.73. The Bertz CT molecular complexity index is 980. The van der Waals surface area contributed by atoms with Crippen LogP contribution in [-0.4, -0.2) is 59.1 Å². The number of carboxylic acid groups (broad SMARTS) is 1. The Morgan fingerprint density at radius 3 is 2.63 bits per heavy atom. The topological polar surface area (TPSA) is 122 Å². The largest absolute Gasteiger partial charge is 0.480 e. The van der Waals surface area contributed by atoms with Gasteiger partial charge in [0.15, 0.2) is 0 Å². The molecule has 0 aliphatic carbocycles. The van der Waals surface area contributed by atoms with Crippen molar-refractivity contribution < 1.29 is 24.2 Å². The van der Waals surface area contributed by atoms with Gasteiger partial charge in [-0.05, 0) is 61.7 Å². The van der Waals surface area contributed by atoms with Gasteiger partial charge in [-0.25, -0.2) is 4.79 Å². The molecule has 0 saturated heterocycles. The van der Waals surface area contributed by atoms with E-state index in [9.17, 15) is 19.5 Å². The molecule has 1 aliphatic rings. The van der Waals surface area contributed by atoms with E-state index >= 15 is 0 Å². The first-order valence-corrected chi connectivity index (χ1v) is 13.1. The van der Waals surface area contributed by atoms with Gasteiger partial charge in [-0.15, -0.1) is 11.3 Å². The molecule has 8 nitrogen and oxygen atoms in total. The summed E-state index contributed by atoms with van der Waals surface area (Å²) in [5.74, 6) is -1.74. The van der Waals surface area contributed by atoms with E-state index in [1.165, 1.54) is 16.2 Å². The monoisotopic (exact) mass is 501 g/mol. The molecule has 0 spiro atoms. The van der Waals surface area contributed by atoms with Crippen molar-refractivity contribution in [1.29, 1.82) is 0 Å². The highest BCUT2D eigenvalue weighted by Gasteiger charge is 2.39. The number of rotatable bonds is 13. The maximum Gasteiger partial charge on any atom is 0.326 e. The second-order valence-corrected chi connectivity index (χ2v) is 9.73. The summed E-state index contributed by atoms with van der Waals surface area (Å²) in [6.45, 7) is 2.73. The molecule has 1 amide bonds. The summed E-state index contributed by atoms with van der Waals surface area (Å²) in [4.78, 5) is 41.1. The number of esters is 1. The van der Waals surface area contributed by atoms with E-state index in [4.69, 9.17) is 10.5 Å². The Balaban J connectivity index is 1.80. The van der Waals surface area contributed by atoms with Crippen LogP contribution >= 0.6 is 11.3 Å². The number of aliphatic carboxylic acids is 1. The summed E-state index contributed by atoms with van der Waals surface area (Å²) in [6.07, 6.45) is 3.26. The van der Waals surface area contributed by atoms with Crippen LogP contribution in [0.25, 0.3) is 0 Å². The fourth-order valence-electron chi connectivity index (χ4n) is 4.40. The van der Waals surface area contributed by atoms with Gasteiger partial charge in [0.1, 0.15) is 12.1 Å². The fourth-order valence-corrected chi connectivity index (χ4v) is 5.33. The first-order chi connectivity index (χ1) is 16.9. The number of aryl methyl sites for hydroxylation is 1. The molecule has 1 aromatic heterocycles. The van der Waals surface area contributed by atoms with Crippen molar-refractivity contribution in [3.63, 3.8) is 0 Å². The Labute approximate surface area is 210 Å². The van der Waals surface area contributed by atoms with Crippen molar-refractivity contribution in [2.24, 2.45) is 5.73 Å². The van der Waals surface area contributed by atoms with Crippen molar-refractivity contribution in [2.75, 3.05) is 13.2 Å². The van der Waals surface area contributed by atoms with Gasteiger partial charge in [0.05, 0.1) is 12.6 Å². The number of unbranched alkanes of at least 4 members (excludes halogenated alkanes) is 1. The number of benzene rings is 1. The van der Waals surface area contributed by atoms with Crippen molar-refractivity contribution in [2.45, 2.75) is 70.1 Å². The zero-order valence-corrected chi connectivity index (χ0v) is 21.0. The minimum Gasteiger partial charge on any atom is -0.480 e. The van der Waals surface area contributed by atoms with E-state index in [-0.39, 0.29) is 19.1 Å². The summed E-state index contributed by atoms with van der Waals surface area (Å²) in [7, 11) is 0. The zero-order chi connectivity index (χ0) is 25.2. The lowest BCUT2D eigenvalue weighted by Crippen LogP contribution is -2.57. The van der Waals surface area contributed by atoms with Crippen molar-refractivity contribution in [3.8, 4) is 0 Å². The molecular formula is C26H35N3O5S. The Hall–Kier alpha value is -2.75. The minimum atomic E-state index is -1.02. The van der Waals surface area contributed by atoms with Crippen LogP contribution in [-0.2, 0) is 38.5 Å². The molecule has 190 valence electrons. The number of hydrogen-bond donors (Lipinski definition) is 3. The number of amides is 1. The zero-order valence-electron chi connectivity index (χ0n) is 20.2. The molecule has 0 radical (unpaired) electrons. The van der Waals surface area contributed by atoms with Gasteiger partial charge >= 0.3 is 11.9 Å². The molecule has 0 bridgehead atoms. The normalized spacial score (nSPS) is 16.9. The third-order valence-electron chi connectivity index (χ3n) is 6.28. The highest BCUT2D eigenvalue weighted by atomic mass is 32.1.